The molecule has 4 heteroatoms. The van der Waals surface area contributed by atoms with Crippen LogP contribution in [0.4, 0.5) is 11.4 Å². The van der Waals surface area contributed by atoms with E-state index in [4.69, 9.17) is 17.3 Å². The van der Waals surface area contributed by atoms with Gasteiger partial charge in [-0.25, -0.2) is 0 Å². The van der Waals surface area contributed by atoms with Gasteiger partial charge in [0, 0.05) is 4.88 Å². The first-order chi connectivity index (χ1) is 8.06. The summed E-state index contributed by atoms with van der Waals surface area (Å²) in [4.78, 5) is 1.20. The Hall–Kier alpha value is -1.19. The lowest BCUT2D eigenvalue weighted by atomic mass is 10.1. The van der Waals surface area contributed by atoms with Crippen molar-refractivity contribution in [3.63, 3.8) is 0 Å². The third-order valence-electron chi connectivity index (χ3n) is 2.60. The van der Waals surface area contributed by atoms with Gasteiger partial charge in [-0.15, -0.1) is 11.3 Å². The number of benzene rings is 1. The highest BCUT2D eigenvalue weighted by molar-refractivity contribution is 7.16. The Balaban J connectivity index is 2.18. The van der Waals surface area contributed by atoms with Gasteiger partial charge in [0.1, 0.15) is 0 Å². The van der Waals surface area contributed by atoms with E-state index in [9.17, 15) is 0 Å². The molecule has 1 aromatic carbocycles. The van der Waals surface area contributed by atoms with Crippen molar-refractivity contribution in [2.45, 2.75) is 19.9 Å². The summed E-state index contributed by atoms with van der Waals surface area (Å²) >= 11 is 7.52. The Kier molecular flexibility index (Phi) is 3.60. The van der Waals surface area contributed by atoms with Crippen molar-refractivity contribution in [2.75, 3.05) is 11.1 Å². The van der Waals surface area contributed by atoms with Crippen LogP contribution in [0.1, 0.15) is 23.4 Å². The van der Waals surface area contributed by atoms with Crippen LogP contribution in [0.3, 0.4) is 0 Å². The second kappa shape index (κ2) is 4.98. The molecule has 1 atom stereocenters. The Morgan fingerprint density at radius 2 is 2.06 bits per heavy atom. The molecule has 1 unspecified atom stereocenters. The van der Waals surface area contributed by atoms with Gasteiger partial charge in [-0.2, -0.15) is 0 Å². The average molecular weight is 267 g/mol. The van der Waals surface area contributed by atoms with E-state index in [0.29, 0.717) is 0 Å². The topological polar surface area (TPSA) is 38.0 Å². The molecule has 90 valence electrons. The van der Waals surface area contributed by atoms with Crippen molar-refractivity contribution in [1.82, 2.24) is 0 Å². The van der Waals surface area contributed by atoms with Crippen LogP contribution < -0.4 is 11.1 Å². The summed E-state index contributed by atoms with van der Waals surface area (Å²) in [5, 5.41) is 3.41. The minimum Gasteiger partial charge on any atom is -0.397 e. The van der Waals surface area contributed by atoms with Crippen molar-refractivity contribution < 1.29 is 0 Å². The summed E-state index contributed by atoms with van der Waals surface area (Å²) in [6, 6.07) is 10.1. The Bertz CT molecular complexity index is 522. The smallest absolute Gasteiger partial charge is 0.0932 e. The number of thiophene rings is 1. The molecule has 0 bridgehead atoms. The highest BCUT2D eigenvalue weighted by Crippen LogP contribution is 2.30. The van der Waals surface area contributed by atoms with Crippen molar-refractivity contribution in [3.05, 3.63) is 45.1 Å². The van der Waals surface area contributed by atoms with Gasteiger partial charge >= 0.3 is 0 Å². The van der Waals surface area contributed by atoms with Gasteiger partial charge in [0.2, 0.25) is 0 Å². The number of halogens is 1. The number of rotatable bonds is 3. The molecule has 2 rings (SSSR count). The van der Waals surface area contributed by atoms with Crippen molar-refractivity contribution in [2.24, 2.45) is 0 Å². The molecule has 0 fully saturated rings. The maximum Gasteiger partial charge on any atom is 0.0932 e. The van der Waals surface area contributed by atoms with E-state index < -0.39 is 0 Å². The highest BCUT2D eigenvalue weighted by atomic mass is 35.5. The summed E-state index contributed by atoms with van der Waals surface area (Å²) in [5.74, 6) is 0. The monoisotopic (exact) mass is 266 g/mol. The molecule has 3 N–H and O–H groups in total. The molecule has 0 radical (unpaired) electrons. The lowest BCUT2D eigenvalue weighted by Crippen LogP contribution is -2.07. The molecule has 0 saturated heterocycles. The maximum atomic E-state index is 5.94. The Labute approximate surface area is 110 Å². The standard InChI is InChI=1S/C13H15ClN2S/c1-8-3-4-10(15)11(7-8)16-9(2)12-5-6-13(14)17-12/h3-7,9,16H,15H2,1-2H3. The molecule has 0 spiro atoms. The molecule has 0 aliphatic heterocycles. The average Bonchev–Trinajstić information content (AvgIpc) is 2.70. The van der Waals surface area contributed by atoms with Gasteiger partial charge in [-0.05, 0) is 43.7 Å². The predicted octanol–water partition coefficient (Wildman–Crippen LogP) is 4.47. The third-order valence-corrected chi connectivity index (χ3v) is 4.02. The minimum atomic E-state index is 0.205. The van der Waals surface area contributed by atoms with E-state index >= 15 is 0 Å². The molecular formula is C13H15ClN2S. The summed E-state index contributed by atoms with van der Waals surface area (Å²) in [6.45, 7) is 4.15. The van der Waals surface area contributed by atoms with Crippen LogP contribution in [0.25, 0.3) is 0 Å². The van der Waals surface area contributed by atoms with Gasteiger partial charge in [0.05, 0.1) is 21.8 Å². The zero-order valence-electron chi connectivity index (χ0n) is 9.83. The number of aryl methyl sites for hydroxylation is 1. The SMILES string of the molecule is Cc1ccc(N)c(NC(C)c2ccc(Cl)s2)c1. The van der Waals surface area contributed by atoms with Gasteiger partial charge in [0.25, 0.3) is 0 Å². The van der Waals surface area contributed by atoms with Gasteiger partial charge in [0.15, 0.2) is 0 Å². The quantitative estimate of drug-likeness (QED) is 0.805. The van der Waals surface area contributed by atoms with E-state index in [1.54, 1.807) is 11.3 Å². The van der Waals surface area contributed by atoms with E-state index in [-0.39, 0.29) is 6.04 Å². The Morgan fingerprint density at radius 3 is 2.71 bits per heavy atom. The molecule has 0 amide bonds. The first-order valence-corrected chi connectivity index (χ1v) is 6.63. The molecule has 0 aliphatic carbocycles. The van der Waals surface area contributed by atoms with Gasteiger partial charge in [-0.3, -0.25) is 0 Å². The van der Waals surface area contributed by atoms with Crippen molar-refractivity contribution in [1.29, 1.82) is 0 Å². The zero-order chi connectivity index (χ0) is 12.4. The molecule has 0 aliphatic rings. The predicted molar refractivity (Wildman–Crippen MR) is 77.0 cm³/mol. The number of nitrogens with one attached hydrogen (secondary N) is 1. The van der Waals surface area contributed by atoms with Crippen LogP contribution in [-0.4, -0.2) is 0 Å². The van der Waals surface area contributed by atoms with Crippen LogP contribution >= 0.6 is 22.9 Å². The Morgan fingerprint density at radius 1 is 1.29 bits per heavy atom. The van der Waals surface area contributed by atoms with Crippen LogP contribution in [0.2, 0.25) is 4.34 Å². The second-order valence-corrected chi connectivity index (χ2v) is 5.85. The number of nitrogen functional groups attached to an aromatic ring is 1. The second-order valence-electron chi connectivity index (χ2n) is 4.10. The molecule has 17 heavy (non-hydrogen) atoms. The van der Waals surface area contributed by atoms with Crippen LogP contribution in [0, 0.1) is 6.92 Å². The van der Waals surface area contributed by atoms with E-state index in [2.05, 4.69) is 25.2 Å². The molecule has 1 aromatic heterocycles. The van der Waals surface area contributed by atoms with Crippen LogP contribution in [-0.2, 0) is 0 Å². The minimum absolute atomic E-state index is 0.205. The molecule has 2 nitrogen and oxygen atoms in total. The number of anilines is 2. The molecule has 2 aromatic rings. The summed E-state index contributed by atoms with van der Waals surface area (Å²) in [7, 11) is 0. The highest BCUT2D eigenvalue weighted by Gasteiger charge is 2.09. The fraction of sp³-hybridized carbons (Fsp3) is 0.231. The van der Waals surface area contributed by atoms with Crippen LogP contribution in [0.15, 0.2) is 30.3 Å². The number of nitrogens with two attached hydrogens (primary N) is 1. The molecular weight excluding hydrogens is 252 g/mol. The summed E-state index contributed by atoms with van der Waals surface area (Å²) < 4.78 is 0.811. The number of hydrogen-bond donors (Lipinski definition) is 2. The lowest BCUT2D eigenvalue weighted by molar-refractivity contribution is 0.908. The fourth-order valence-electron chi connectivity index (χ4n) is 1.66. The summed E-state index contributed by atoms with van der Waals surface area (Å²) in [6.07, 6.45) is 0. The largest absolute Gasteiger partial charge is 0.397 e. The lowest BCUT2D eigenvalue weighted by Gasteiger charge is -2.16. The van der Waals surface area contributed by atoms with Crippen molar-refractivity contribution >= 4 is 34.3 Å². The van der Waals surface area contributed by atoms with E-state index in [1.165, 1.54) is 10.4 Å². The van der Waals surface area contributed by atoms with Gasteiger partial charge in [-0.1, -0.05) is 17.7 Å². The van der Waals surface area contributed by atoms with Crippen LogP contribution in [0.5, 0.6) is 0 Å². The first kappa shape index (κ1) is 12.3. The zero-order valence-corrected chi connectivity index (χ0v) is 11.4. The fourth-order valence-corrected chi connectivity index (χ4v) is 2.72. The first-order valence-electron chi connectivity index (χ1n) is 5.44. The summed E-state index contributed by atoms with van der Waals surface area (Å²) in [5.41, 5.74) is 8.87. The third kappa shape index (κ3) is 2.93. The maximum absolute atomic E-state index is 5.94. The normalized spacial score (nSPS) is 12.4. The molecule has 1 heterocycles. The van der Waals surface area contributed by atoms with Crippen molar-refractivity contribution in [3.8, 4) is 0 Å². The van der Waals surface area contributed by atoms with Gasteiger partial charge < -0.3 is 11.1 Å². The van der Waals surface area contributed by atoms with E-state index in [1.807, 2.05) is 24.3 Å². The molecule has 0 saturated carbocycles. The van der Waals surface area contributed by atoms with E-state index in [0.717, 1.165) is 15.7 Å². The number of hydrogen-bond acceptors (Lipinski definition) is 3.